The zero-order valence-electron chi connectivity index (χ0n) is 14.3. The predicted octanol–water partition coefficient (Wildman–Crippen LogP) is 3.72. The molecule has 0 saturated carbocycles. The molecule has 0 bridgehead atoms. The van der Waals surface area contributed by atoms with Crippen LogP contribution in [-0.2, 0) is 9.53 Å². The number of benzene rings is 2. The van der Waals surface area contributed by atoms with E-state index in [0.29, 0.717) is 40.7 Å². The average molecular weight is 375 g/mol. The Morgan fingerprint density at radius 2 is 2.04 bits per heavy atom. The number of methoxy groups -OCH3 is 1. The molecule has 2 aromatic carbocycles. The van der Waals surface area contributed by atoms with Gasteiger partial charge in [0.2, 0.25) is 0 Å². The van der Waals surface area contributed by atoms with Gasteiger partial charge >= 0.3 is 0 Å². The normalized spacial score (nSPS) is 16.2. The van der Waals surface area contributed by atoms with Gasteiger partial charge in [0.1, 0.15) is 11.9 Å². The van der Waals surface area contributed by atoms with Crippen LogP contribution in [0.2, 0.25) is 5.02 Å². The van der Waals surface area contributed by atoms with Gasteiger partial charge in [-0.05, 0) is 49.2 Å². The van der Waals surface area contributed by atoms with Crippen LogP contribution >= 0.6 is 11.6 Å². The minimum absolute atomic E-state index is 0.198. The van der Waals surface area contributed by atoms with Crippen LogP contribution in [0.15, 0.2) is 42.5 Å². The number of anilines is 2. The first-order valence-corrected chi connectivity index (χ1v) is 8.62. The molecule has 136 valence electrons. The number of carbonyl (C=O) groups is 2. The first kappa shape index (κ1) is 18.2. The van der Waals surface area contributed by atoms with Crippen LogP contribution in [0.5, 0.6) is 5.75 Å². The molecule has 1 heterocycles. The minimum Gasteiger partial charge on any atom is -0.495 e. The van der Waals surface area contributed by atoms with Crippen molar-refractivity contribution in [1.82, 2.24) is 0 Å². The maximum atomic E-state index is 12.5. The number of hydrogen-bond acceptors (Lipinski definition) is 4. The van der Waals surface area contributed by atoms with Crippen molar-refractivity contribution in [2.45, 2.75) is 18.9 Å². The third-order valence-corrected chi connectivity index (χ3v) is 4.26. The molecule has 26 heavy (non-hydrogen) atoms. The van der Waals surface area contributed by atoms with Gasteiger partial charge in [-0.1, -0.05) is 17.7 Å². The summed E-state index contributed by atoms with van der Waals surface area (Å²) < 4.78 is 10.6. The Morgan fingerprint density at radius 3 is 2.77 bits per heavy atom. The molecule has 0 aliphatic carbocycles. The zero-order chi connectivity index (χ0) is 18.5. The molecule has 1 atom stereocenters. The van der Waals surface area contributed by atoms with E-state index in [1.807, 2.05) is 0 Å². The number of hydrogen-bond donors (Lipinski definition) is 2. The van der Waals surface area contributed by atoms with Crippen LogP contribution in [0.25, 0.3) is 0 Å². The second kappa shape index (κ2) is 8.21. The Hall–Kier alpha value is -2.57. The summed E-state index contributed by atoms with van der Waals surface area (Å²) in [4.78, 5) is 24.7. The highest BCUT2D eigenvalue weighted by Crippen LogP contribution is 2.28. The smallest absolute Gasteiger partial charge is 0.255 e. The molecule has 0 aromatic heterocycles. The van der Waals surface area contributed by atoms with Crippen LogP contribution in [0.1, 0.15) is 23.2 Å². The number of ether oxygens (including phenoxy) is 2. The van der Waals surface area contributed by atoms with Gasteiger partial charge in [-0.25, -0.2) is 0 Å². The Bertz CT molecular complexity index is 819. The molecule has 6 nitrogen and oxygen atoms in total. The lowest BCUT2D eigenvalue weighted by atomic mass is 10.1. The maximum absolute atomic E-state index is 12.5. The molecule has 1 unspecified atom stereocenters. The Morgan fingerprint density at radius 1 is 1.19 bits per heavy atom. The molecule has 2 amide bonds. The van der Waals surface area contributed by atoms with E-state index in [1.165, 1.54) is 7.11 Å². The topological polar surface area (TPSA) is 76.7 Å². The quantitative estimate of drug-likeness (QED) is 0.836. The maximum Gasteiger partial charge on any atom is 0.255 e. The van der Waals surface area contributed by atoms with E-state index in [2.05, 4.69) is 10.6 Å². The third kappa shape index (κ3) is 4.33. The Kier molecular flexibility index (Phi) is 5.75. The van der Waals surface area contributed by atoms with Crippen LogP contribution in [-0.4, -0.2) is 31.6 Å². The molecule has 2 N–H and O–H groups in total. The van der Waals surface area contributed by atoms with Gasteiger partial charge in [0.05, 0.1) is 12.8 Å². The summed E-state index contributed by atoms with van der Waals surface area (Å²) in [5.74, 6) is -0.0269. The lowest BCUT2D eigenvalue weighted by Gasteiger charge is -2.13. The molecule has 1 fully saturated rings. The molecule has 0 spiro atoms. The zero-order valence-corrected chi connectivity index (χ0v) is 15.0. The molecule has 1 saturated heterocycles. The minimum atomic E-state index is -0.428. The summed E-state index contributed by atoms with van der Waals surface area (Å²) >= 11 is 5.98. The fourth-order valence-electron chi connectivity index (χ4n) is 2.72. The highest BCUT2D eigenvalue weighted by atomic mass is 35.5. The van der Waals surface area contributed by atoms with E-state index >= 15 is 0 Å². The summed E-state index contributed by atoms with van der Waals surface area (Å²) in [5, 5.41) is 6.04. The predicted molar refractivity (Wildman–Crippen MR) is 100 cm³/mol. The van der Waals surface area contributed by atoms with Crippen LogP contribution < -0.4 is 15.4 Å². The van der Waals surface area contributed by atoms with Gasteiger partial charge < -0.3 is 20.1 Å². The second-order valence-electron chi connectivity index (χ2n) is 5.87. The fraction of sp³-hybridized carbons (Fsp3) is 0.263. The molecule has 3 rings (SSSR count). The van der Waals surface area contributed by atoms with Gasteiger partial charge in [0.25, 0.3) is 11.8 Å². The highest BCUT2D eigenvalue weighted by Gasteiger charge is 2.23. The summed E-state index contributed by atoms with van der Waals surface area (Å²) in [6.45, 7) is 0.599. The van der Waals surface area contributed by atoms with Crippen molar-refractivity contribution in [3.8, 4) is 5.75 Å². The van der Waals surface area contributed by atoms with Crippen LogP contribution in [0.3, 0.4) is 0 Å². The number of rotatable bonds is 5. The molecule has 1 aliphatic rings. The van der Waals surface area contributed by atoms with Crippen molar-refractivity contribution in [2.24, 2.45) is 0 Å². The highest BCUT2D eigenvalue weighted by molar-refractivity contribution is 6.31. The number of amides is 2. The molecule has 1 aliphatic heterocycles. The molecule has 7 heteroatoms. The number of nitrogens with one attached hydrogen (secondary N) is 2. The van der Waals surface area contributed by atoms with Crippen molar-refractivity contribution < 1.29 is 19.1 Å². The second-order valence-corrected chi connectivity index (χ2v) is 6.31. The molecular weight excluding hydrogens is 356 g/mol. The van der Waals surface area contributed by atoms with Crippen LogP contribution in [0.4, 0.5) is 11.4 Å². The summed E-state index contributed by atoms with van der Waals surface area (Å²) in [6.07, 6.45) is 1.16. The summed E-state index contributed by atoms with van der Waals surface area (Å²) in [6, 6.07) is 11.7. The first-order chi connectivity index (χ1) is 12.6. The Labute approximate surface area is 156 Å². The number of halogens is 1. The van der Waals surface area contributed by atoms with Crippen molar-refractivity contribution in [3.05, 3.63) is 53.1 Å². The third-order valence-electron chi connectivity index (χ3n) is 4.02. The SMILES string of the molecule is COc1ccc(Cl)cc1NC(=O)c1cccc(NC(=O)C2CCCO2)c1. The van der Waals surface area contributed by atoms with Gasteiger partial charge in [-0.3, -0.25) is 9.59 Å². The van der Waals surface area contributed by atoms with Crippen LogP contribution in [0, 0.1) is 0 Å². The van der Waals surface area contributed by atoms with Crippen molar-refractivity contribution in [3.63, 3.8) is 0 Å². The summed E-state index contributed by atoms with van der Waals surface area (Å²) in [7, 11) is 1.51. The fourth-order valence-corrected chi connectivity index (χ4v) is 2.89. The van der Waals surface area contributed by atoms with Gasteiger partial charge in [-0.2, -0.15) is 0 Å². The summed E-state index contributed by atoms with van der Waals surface area (Å²) in [5.41, 5.74) is 1.41. The number of carbonyl (C=O) groups excluding carboxylic acids is 2. The first-order valence-electron chi connectivity index (χ1n) is 8.24. The Balaban J connectivity index is 1.72. The lowest BCUT2D eigenvalue weighted by molar-refractivity contribution is -0.124. The van der Waals surface area contributed by atoms with Gasteiger partial charge in [-0.15, -0.1) is 0 Å². The van der Waals surface area contributed by atoms with E-state index in [1.54, 1.807) is 42.5 Å². The standard InChI is InChI=1S/C19H19ClN2O4/c1-25-16-8-7-13(20)11-15(16)22-18(23)12-4-2-5-14(10-12)21-19(24)17-6-3-9-26-17/h2,4-5,7-8,10-11,17H,3,6,9H2,1H3,(H,21,24)(H,22,23). The molecule has 0 radical (unpaired) electrons. The largest absolute Gasteiger partial charge is 0.495 e. The average Bonchev–Trinajstić information content (AvgIpc) is 3.17. The molecular formula is C19H19ClN2O4. The van der Waals surface area contributed by atoms with E-state index in [4.69, 9.17) is 21.1 Å². The molecule has 2 aromatic rings. The monoisotopic (exact) mass is 374 g/mol. The van der Waals surface area contributed by atoms with E-state index in [9.17, 15) is 9.59 Å². The van der Waals surface area contributed by atoms with E-state index < -0.39 is 6.10 Å². The van der Waals surface area contributed by atoms with E-state index in [-0.39, 0.29) is 11.8 Å². The van der Waals surface area contributed by atoms with Crippen molar-refractivity contribution >= 4 is 34.8 Å². The van der Waals surface area contributed by atoms with E-state index in [0.717, 1.165) is 6.42 Å². The van der Waals surface area contributed by atoms with Crippen molar-refractivity contribution in [1.29, 1.82) is 0 Å². The lowest BCUT2D eigenvalue weighted by Crippen LogP contribution is -2.27. The van der Waals surface area contributed by atoms with Crippen molar-refractivity contribution in [2.75, 3.05) is 24.4 Å². The van der Waals surface area contributed by atoms with Gasteiger partial charge in [0, 0.05) is 22.9 Å². The van der Waals surface area contributed by atoms with Gasteiger partial charge in [0.15, 0.2) is 0 Å².